The summed E-state index contributed by atoms with van der Waals surface area (Å²) in [5.74, 6) is -2.51. The number of rotatable bonds is 8. The van der Waals surface area contributed by atoms with Gasteiger partial charge in [0.15, 0.2) is 0 Å². The van der Waals surface area contributed by atoms with Gasteiger partial charge in [0.1, 0.15) is 10.6 Å². The minimum atomic E-state index is -4.79. The van der Waals surface area contributed by atoms with Gasteiger partial charge in [-0.15, -0.1) is 0 Å². The van der Waals surface area contributed by atoms with Crippen molar-refractivity contribution in [3.8, 4) is 0 Å². The first kappa shape index (κ1) is 25.6. The normalized spacial score (nSPS) is 14.5. The van der Waals surface area contributed by atoms with Crippen LogP contribution >= 0.6 is 15.2 Å². The average molecular weight is 416 g/mol. The summed E-state index contributed by atoms with van der Waals surface area (Å²) in [6.07, 6.45) is 0. The van der Waals surface area contributed by atoms with Gasteiger partial charge in [0.2, 0.25) is 0 Å². The largest absolute Gasteiger partial charge is 0.351 e. The first-order valence-electron chi connectivity index (χ1n) is 8.59. The molecule has 0 atom stereocenters. The highest BCUT2D eigenvalue weighted by Gasteiger charge is 2.56. The zero-order valence-corrected chi connectivity index (χ0v) is 18.5. The van der Waals surface area contributed by atoms with Crippen LogP contribution in [0.4, 0.5) is 4.79 Å². The Morgan fingerprint density at radius 3 is 0.962 bits per heavy atom. The van der Waals surface area contributed by atoms with Crippen molar-refractivity contribution in [3.05, 3.63) is 0 Å². The molecule has 0 saturated carbocycles. The molecule has 0 bridgehead atoms. The van der Waals surface area contributed by atoms with E-state index in [0.717, 1.165) is 0 Å². The summed E-state index contributed by atoms with van der Waals surface area (Å²) in [7, 11) is -9.59. The van der Waals surface area contributed by atoms with Gasteiger partial charge in [0.05, 0.1) is 0 Å². The second-order valence-corrected chi connectivity index (χ2v) is 11.6. The molecule has 0 radical (unpaired) electrons. The van der Waals surface area contributed by atoms with E-state index in [1.54, 1.807) is 55.4 Å². The molecular formula is C15H34N2O7P2. The van der Waals surface area contributed by atoms with E-state index in [4.69, 9.17) is 0 Å². The van der Waals surface area contributed by atoms with Crippen LogP contribution in [0.2, 0.25) is 0 Å². The molecule has 11 heteroatoms. The first-order chi connectivity index (χ1) is 11.4. The van der Waals surface area contributed by atoms with Crippen LogP contribution in [0.25, 0.3) is 0 Å². The monoisotopic (exact) mass is 416 g/mol. The van der Waals surface area contributed by atoms with Crippen molar-refractivity contribution >= 4 is 21.2 Å². The maximum atomic E-state index is 12.7. The summed E-state index contributed by atoms with van der Waals surface area (Å²) in [4.78, 5) is 52.3. The van der Waals surface area contributed by atoms with Crippen LogP contribution in [0.1, 0.15) is 55.4 Å². The molecule has 9 nitrogen and oxygen atoms in total. The fraction of sp³-hybridized carbons (Fsp3) is 0.933. The molecule has 0 heterocycles. The second-order valence-electron chi connectivity index (χ2n) is 7.94. The third-order valence-electron chi connectivity index (χ3n) is 5.11. The number of urea groups is 1. The van der Waals surface area contributed by atoms with Crippen molar-refractivity contribution in [2.75, 3.05) is 0 Å². The smallest absolute Gasteiger partial charge is 0.323 e. The molecule has 0 fully saturated rings. The van der Waals surface area contributed by atoms with Crippen LogP contribution in [0.5, 0.6) is 0 Å². The second kappa shape index (κ2) is 8.29. The summed E-state index contributed by atoms with van der Waals surface area (Å²) in [6.45, 7) is 12.6. The molecule has 0 saturated heterocycles. The number of carbonyl (C=O) groups excluding carboxylic acids is 1. The number of hydrogen-bond donors (Lipinski definition) is 6. The van der Waals surface area contributed by atoms with Gasteiger partial charge in [-0.25, -0.2) is 4.79 Å². The summed E-state index contributed by atoms with van der Waals surface area (Å²) < 4.78 is 24.4. The van der Waals surface area contributed by atoms with E-state index in [9.17, 15) is 33.5 Å². The predicted molar refractivity (Wildman–Crippen MR) is 101 cm³/mol. The van der Waals surface area contributed by atoms with E-state index < -0.39 is 55.5 Å². The standard InChI is InChI=1S/C15H34N2O7P2/c1-9(2)14(10(3)4,25(19,20)21)16-13(18)17-15(11(5)6,12(7)8)26(22,23)24/h9-12H,1-8H3,(H2,16,17,18)(H2,19,20,21)(H2,22,23,24). The first-order valence-corrected chi connectivity index (χ1v) is 11.8. The maximum absolute atomic E-state index is 12.7. The Morgan fingerprint density at radius 2 is 0.846 bits per heavy atom. The molecule has 0 aliphatic carbocycles. The van der Waals surface area contributed by atoms with Gasteiger partial charge in [-0.1, -0.05) is 55.4 Å². The fourth-order valence-electron chi connectivity index (χ4n) is 3.80. The molecule has 6 N–H and O–H groups in total. The molecule has 0 aromatic carbocycles. The molecule has 0 aliphatic heterocycles. The number of nitrogens with one attached hydrogen (secondary N) is 2. The summed E-state index contributed by atoms with van der Waals surface area (Å²) >= 11 is 0. The lowest BCUT2D eigenvalue weighted by molar-refractivity contribution is 0.163. The van der Waals surface area contributed by atoms with Crippen LogP contribution in [-0.2, 0) is 9.13 Å². The predicted octanol–water partition coefficient (Wildman–Crippen LogP) is 2.66. The Kier molecular flexibility index (Phi) is 8.16. The van der Waals surface area contributed by atoms with Crippen LogP contribution in [-0.4, -0.2) is 36.2 Å². The molecule has 0 spiro atoms. The third kappa shape index (κ3) is 4.51. The van der Waals surface area contributed by atoms with Gasteiger partial charge in [-0.2, -0.15) is 0 Å². The topological polar surface area (TPSA) is 156 Å². The number of hydrogen-bond acceptors (Lipinski definition) is 3. The SMILES string of the molecule is CC(C)C(NC(=O)NC(C(C)C)(C(C)C)P(=O)(O)O)(C(C)C)P(=O)(O)O. The van der Waals surface area contributed by atoms with E-state index in [0.29, 0.717) is 0 Å². The molecular weight excluding hydrogens is 382 g/mol. The van der Waals surface area contributed by atoms with Crippen LogP contribution in [0.15, 0.2) is 0 Å². The van der Waals surface area contributed by atoms with Gasteiger partial charge in [0, 0.05) is 0 Å². The molecule has 0 aromatic rings. The summed E-state index contributed by atoms with van der Waals surface area (Å²) in [5, 5.41) is 0.961. The highest BCUT2D eigenvalue weighted by molar-refractivity contribution is 7.54. The average Bonchev–Trinajstić information content (AvgIpc) is 2.37. The van der Waals surface area contributed by atoms with Gasteiger partial charge < -0.3 is 30.2 Å². The molecule has 0 aliphatic rings. The van der Waals surface area contributed by atoms with Crippen molar-refractivity contribution in [2.24, 2.45) is 23.7 Å². The van der Waals surface area contributed by atoms with Crippen molar-refractivity contribution in [2.45, 2.75) is 65.9 Å². The Balaban J connectivity index is 6.14. The molecule has 0 unspecified atom stereocenters. The molecule has 26 heavy (non-hydrogen) atoms. The minimum absolute atomic E-state index is 0.628. The Bertz CT molecular complexity index is 527. The zero-order valence-electron chi connectivity index (χ0n) is 16.7. The lowest BCUT2D eigenvalue weighted by atomic mass is 9.91. The lowest BCUT2D eigenvalue weighted by Gasteiger charge is -2.45. The minimum Gasteiger partial charge on any atom is -0.323 e. The van der Waals surface area contributed by atoms with Gasteiger partial charge >= 0.3 is 21.2 Å². The highest BCUT2D eigenvalue weighted by Crippen LogP contribution is 2.58. The lowest BCUT2D eigenvalue weighted by Crippen LogP contribution is -2.64. The van der Waals surface area contributed by atoms with Gasteiger partial charge in [-0.3, -0.25) is 9.13 Å². The van der Waals surface area contributed by atoms with E-state index >= 15 is 0 Å². The Labute approximate surface area is 155 Å². The van der Waals surface area contributed by atoms with E-state index in [1.165, 1.54) is 0 Å². The molecule has 2 amide bonds. The quantitative estimate of drug-likeness (QED) is 0.332. The Hall–Kier alpha value is -0.430. The van der Waals surface area contributed by atoms with Crippen LogP contribution in [0, 0.1) is 23.7 Å². The van der Waals surface area contributed by atoms with Crippen molar-refractivity contribution in [1.82, 2.24) is 10.6 Å². The molecule has 0 aromatic heterocycles. The van der Waals surface area contributed by atoms with Crippen molar-refractivity contribution in [1.29, 1.82) is 0 Å². The number of carbonyl (C=O) groups is 1. The molecule has 156 valence electrons. The van der Waals surface area contributed by atoms with Crippen molar-refractivity contribution < 1.29 is 33.5 Å². The van der Waals surface area contributed by atoms with E-state index in [2.05, 4.69) is 10.6 Å². The number of amides is 2. The van der Waals surface area contributed by atoms with Crippen molar-refractivity contribution in [3.63, 3.8) is 0 Å². The van der Waals surface area contributed by atoms with Crippen LogP contribution in [0.3, 0.4) is 0 Å². The third-order valence-corrected chi connectivity index (χ3v) is 9.33. The molecule has 0 rings (SSSR count). The van der Waals surface area contributed by atoms with Gasteiger partial charge in [-0.05, 0) is 23.7 Å². The maximum Gasteiger partial charge on any atom is 0.351 e. The summed E-state index contributed by atoms with van der Waals surface area (Å²) in [5.41, 5.74) is 0. The fourth-order valence-corrected chi connectivity index (χ4v) is 6.98. The summed E-state index contributed by atoms with van der Waals surface area (Å²) in [6, 6.07) is -1.03. The highest BCUT2D eigenvalue weighted by atomic mass is 31.2. The van der Waals surface area contributed by atoms with E-state index in [-0.39, 0.29) is 0 Å². The Morgan fingerprint density at radius 1 is 0.654 bits per heavy atom. The zero-order chi connectivity index (χ0) is 21.3. The van der Waals surface area contributed by atoms with Gasteiger partial charge in [0.25, 0.3) is 0 Å². The van der Waals surface area contributed by atoms with E-state index in [1.807, 2.05) is 0 Å². The van der Waals surface area contributed by atoms with Crippen LogP contribution < -0.4 is 10.6 Å².